The van der Waals surface area contributed by atoms with Crippen LogP contribution in [0.3, 0.4) is 0 Å². The maximum absolute atomic E-state index is 5.45. The van der Waals surface area contributed by atoms with Crippen LogP contribution in [0.4, 0.5) is 0 Å². The summed E-state index contributed by atoms with van der Waals surface area (Å²) in [6.45, 7) is 1.47. The lowest BCUT2D eigenvalue weighted by Crippen LogP contribution is -1.99. The van der Waals surface area contributed by atoms with E-state index in [2.05, 4.69) is 26.8 Å². The second kappa shape index (κ2) is 4.45. The van der Waals surface area contributed by atoms with Gasteiger partial charge in [0, 0.05) is 42.2 Å². The lowest BCUT2D eigenvalue weighted by Gasteiger charge is -2.00. The van der Waals surface area contributed by atoms with Crippen LogP contribution in [-0.2, 0) is 11.8 Å². The van der Waals surface area contributed by atoms with Gasteiger partial charge in [0.05, 0.1) is 6.61 Å². The van der Waals surface area contributed by atoms with Crippen LogP contribution in [0.2, 0.25) is 0 Å². The smallest absolute Gasteiger partial charge is 0.258 e. The highest BCUT2D eigenvalue weighted by Crippen LogP contribution is 2.30. The van der Waals surface area contributed by atoms with Gasteiger partial charge in [0.15, 0.2) is 5.82 Å². The van der Waals surface area contributed by atoms with E-state index in [9.17, 15) is 0 Å². The molecule has 1 aliphatic rings. The molecular formula is C15H15N3O2. The molecule has 3 heterocycles. The Kier molecular flexibility index (Phi) is 2.60. The zero-order valence-corrected chi connectivity index (χ0v) is 11.2. The van der Waals surface area contributed by atoms with Crippen molar-refractivity contribution in [3.05, 3.63) is 36.3 Å². The average Bonchev–Trinajstić information content (AvgIpc) is 3.18. The van der Waals surface area contributed by atoms with E-state index in [4.69, 9.17) is 9.26 Å². The zero-order chi connectivity index (χ0) is 13.5. The fraction of sp³-hybridized carbons (Fsp3) is 0.333. The van der Waals surface area contributed by atoms with Crippen LogP contribution in [0, 0.1) is 0 Å². The first kappa shape index (κ1) is 11.7. The van der Waals surface area contributed by atoms with Gasteiger partial charge in [0.25, 0.3) is 5.89 Å². The summed E-state index contributed by atoms with van der Waals surface area (Å²) in [5, 5.41) is 5.25. The third kappa shape index (κ3) is 1.74. The van der Waals surface area contributed by atoms with Gasteiger partial charge in [-0.3, -0.25) is 0 Å². The number of aromatic nitrogens is 3. The fourth-order valence-corrected chi connectivity index (χ4v) is 2.74. The zero-order valence-electron chi connectivity index (χ0n) is 11.2. The van der Waals surface area contributed by atoms with Crippen molar-refractivity contribution in [2.45, 2.75) is 12.3 Å². The minimum Gasteiger partial charge on any atom is -0.381 e. The van der Waals surface area contributed by atoms with Crippen molar-refractivity contribution >= 4 is 10.9 Å². The number of nitrogens with zero attached hydrogens (tertiary/aromatic N) is 3. The van der Waals surface area contributed by atoms with E-state index < -0.39 is 0 Å². The summed E-state index contributed by atoms with van der Waals surface area (Å²) in [4.78, 5) is 4.55. The molecule has 3 aromatic rings. The molecule has 2 aromatic heterocycles. The van der Waals surface area contributed by atoms with Crippen LogP contribution in [0.25, 0.3) is 22.4 Å². The van der Waals surface area contributed by atoms with Crippen LogP contribution in [-0.4, -0.2) is 27.9 Å². The van der Waals surface area contributed by atoms with Crippen molar-refractivity contribution in [1.82, 2.24) is 14.7 Å². The second-order valence-corrected chi connectivity index (χ2v) is 5.18. The second-order valence-electron chi connectivity index (χ2n) is 5.18. The van der Waals surface area contributed by atoms with Crippen LogP contribution in [0.5, 0.6) is 0 Å². The summed E-state index contributed by atoms with van der Waals surface area (Å²) in [6.07, 6.45) is 3.00. The van der Waals surface area contributed by atoms with Crippen LogP contribution >= 0.6 is 0 Å². The lowest BCUT2D eigenvalue weighted by molar-refractivity contribution is 0.192. The molecule has 0 saturated carbocycles. The Morgan fingerprint density at radius 3 is 3.10 bits per heavy atom. The van der Waals surface area contributed by atoms with Crippen molar-refractivity contribution in [3.8, 4) is 11.5 Å². The number of aryl methyl sites for hydroxylation is 1. The maximum Gasteiger partial charge on any atom is 0.258 e. The molecule has 0 aliphatic carbocycles. The Labute approximate surface area is 116 Å². The molecule has 0 bridgehead atoms. The normalized spacial score (nSPS) is 18.9. The van der Waals surface area contributed by atoms with E-state index in [0.29, 0.717) is 12.5 Å². The Morgan fingerprint density at radius 2 is 2.25 bits per heavy atom. The van der Waals surface area contributed by atoms with Crippen molar-refractivity contribution in [1.29, 1.82) is 0 Å². The van der Waals surface area contributed by atoms with Crippen LogP contribution < -0.4 is 0 Å². The van der Waals surface area contributed by atoms with Gasteiger partial charge < -0.3 is 13.8 Å². The Hall–Kier alpha value is -2.14. The van der Waals surface area contributed by atoms with Gasteiger partial charge in [-0.15, -0.1) is 0 Å². The minimum atomic E-state index is 0.266. The quantitative estimate of drug-likeness (QED) is 0.717. The lowest BCUT2D eigenvalue weighted by atomic mass is 10.1. The molecule has 4 rings (SSSR count). The van der Waals surface area contributed by atoms with Gasteiger partial charge in [0.1, 0.15) is 0 Å². The monoisotopic (exact) mass is 269 g/mol. The first-order chi connectivity index (χ1) is 9.83. The molecular weight excluding hydrogens is 254 g/mol. The summed E-state index contributed by atoms with van der Waals surface area (Å²) in [7, 11) is 2.03. The minimum absolute atomic E-state index is 0.266. The van der Waals surface area contributed by atoms with Gasteiger partial charge in [-0.2, -0.15) is 4.98 Å². The predicted molar refractivity (Wildman–Crippen MR) is 74.4 cm³/mol. The molecule has 102 valence electrons. The molecule has 1 saturated heterocycles. The van der Waals surface area contributed by atoms with Gasteiger partial charge in [0.2, 0.25) is 0 Å². The summed E-state index contributed by atoms with van der Waals surface area (Å²) in [6, 6.07) is 8.19. The molecule has 5 nitrogen and oxygen atoms in total. The standard InChI is InChI=1S/C15H15N3O2/c1-18-7-5-11-12(3-2-4-13(11)18)15-16-14(17-20-15)10-6-8-19-9-10/h2-5,7,10H,6,8-9H2,1H3. The van der Waals surface area contributed by atoms with Crippen molar-refractivity contribution in [2.24, 2.45) is 7.05 Å². The first-order valence-corrected chi connectivity index (χ1v) is 6.79. The van der Waals surface area contributed by atoms with E-state index in [1.807, 2.05) is 25.4 Å². The largest absolute Gasteiger partial charge is 0.381 e. The van der Waals surface area contributed by atoms with E-state index in [1.54, 1.807) is 0 Å². The fourth-order valence-electron chi connectivity index (χ4n) is 2.74. The molecule has 1 aromatic carbocycles. The van der Waals surface area contributed by atoms with E-state index >= 15 is 0 Å². The average molecular weight is 269 g/mol. The molecule has 1 atom stereocenters. The number of rotatable bonds is 2. The molecule has 0 N–H and O–H groups in total. The summed E-state index contributed by atoms with van der Waals surface area (Å²) in [5.41, 5.74) is 2.15. The first-order valence-electron chi connectivity index (χ1n) is 6.79. The number of ether oxygens (including phenoxy) is 1. The van der Waals surface area contributed by atoms with Gasteiger partial charge in [-0.05, 0) is 24.6 Å². The van der Waals surface area contributed by atoms with E-state index in [1.165, 1.54) is 0 Å². The molecule has 0 amide bonds. The van der Waals surface area contributed by atoms with E-state index in [-0.39, 0.29) is 5.92 Å². The van der Waals surface area contributed by atoms with Gasteiger partial charge in [-0.25, -0.2) is 0 Å². The number of benzene rings is 1. The van der Waals surface area contributed by atoms with E-state index in [0.717, 1.165) is 35.3 Å². The van der Waals surface area contributed by atoms with Crippen molar-refractivity contribution < 1.29 is 9.26 Å². The summed E-state index contributed by atoms with van der Waals surface area (Å²) in [5.74, 6) is 1.61. The third-order valence-electron chi connectivity index (χ3n) is 3.89. The highest BCUT2D eigenvalue weighted by Gasteiger charge is 2.24. The predicted octanol–water partition coefficient (Wildman–Crippen LogP) is 2.73. The Bertz CT molecular complexity index is 753. The summed E-state index contributed by atoms with van der Waals surface area (Å²) >= 11 is 0. The number of hydrogen-bond acceptors (Lipinski definition) is 4. The van der Waals surface area contributed by atoms with Crippen molar-refractivity contribution in [2.75, 3.05) is 13.2 Å². The molecule has 1 aliphatic heterocycles. The molecule has 20 heavy (non-hydrogen) atoms. The highest BCUT2D eigenvalue weighted by atomic mass is 16.5. The summed E-state index contributed by atoms with van der Waals surface area (Å²) < 4.78 is 12.9. The molecule has 0 spiro atoms. The third-order valence-corrected chi connectivity index (χ3v) is 3.89. The molecule has 1 unspecified atom stereocenters. The number of fused-ring (bicyclic) bond motifs is 1. The molecule has 1 fully saturated rings. The topological polar surface area (TPSA) is 53.1 Å². The number of hydrogen-bond donors (Lipinski definition) is 0. The molecule has 0 radical (unpaired) electrons. The Balaban J connectivity index is 1.79. The van der Waals surface area contributed by atoms with Gasteiger partial charge in [-0.1, -0.05) is 11.2 Å². The maximum atomic E-state index is 5.45. The SMILES string of the molecule is Cn1ccc2c(-c3nc(C4CCOC4)no3)cccc21. The van der Waals surface area contributed by atoms with Crippen LogP contribution in [0.15, 0.2) is 35.0 Å². The van der Waals surface area contributed by atoms with Gasteiger partial charge >= 0.3 is 0 Å². The van der Waals surface area contributed by atoms with Crippen LogP contribution in [0.1, 0.15) is 18.2 Å². The Morgan fingerprint density at radius 1 is 1.30 bits per heavy atom. The van der Waals surface area contributed by atoms with Crippen molar-refractivity contribution in [3.63, 3.8) is 0 Å². The highest BCUT2D eigenvalue weighted by molar-refractivity contribution is 5.93. The molecule has 5 heteroatoms.